The molecule has 94 valence electrons. The minimum atomic E-state index is -0.292. The molecule has 0 amide bonds. The van der Waals surface area contributed by atoms with Gasteiger partial charge in [0.1, 0.15) is 11.6 Å². The molecule has 0 aromatic heterocycles. The molecular weight excluding hydrogens is 221 g/mol. The Balaban J connectivity index is 2.05. The van der Waals surface area contributed by atoms with Gasteiger partial charge in [-0.1, -0.05) is 6.42 Å². The maximum atomic E-state index is 13.1. The first kappa shape index (κ1) is 12.2. The fourth-order valence-electron chi connectivity index (χ4n) is 2.17. The minimum absolute atomic E-state index is 0.0304. The summed E-state index contributed by atoms with van der Waals surface area (Å²) in [6.07, 6.45) is 3.20. The quantitative estimate of drug-likeness (QED) is 0.829. The van der Waals surface area contributed by atoms with Gasteiger partial charge in [0, 0.05) is 18.0 Å². The van der Waals surface area contributed by atoms with Crippen molar-refractivity contribution in [3.63, 3.8) is 0 Å². The van der Waals surface area contributed by atoms with E-state index < -0.39 is 0 Å². The van der Waals surface area contributed by atoms with Crippen molar-refractivity contribution in [1.29, 1.82) is 0 Å². The summed E-state index contributed by atoms with van der Waals surface area (Å²) in [5.41, 5.74) is 0.615. The lowest BCUT2D eigenvalue weighted by Gasteiger charge is -2.40. The molecule has 0 heterocycles. The number of rotatable bonds is 5. The molecule has 2 N–H and O–H groups in total. The molecule has 0 saturated heterocycles. The van der Waals surface area contributed by atoms with Crippen molar-refractivity contribution in [2.24, 2.45) is 5.41 Å². The Morgan fingerprint density at radius 2 is 2.24 bits per heavy atom. The molecule has 1 aliphatic carbocycles. The van der Waals surface area contributed by atoms with E-state index in [9.17, 15) is 9.50 Å². The molecular formula is C13H18FNO2. The van der Waals surface area contributed by atoms with Crippen molar-refractivity contribution in [1.82, 2.24) is 0 Å². The Labute approximate surface area is 101 Å². The van der Waals surface area contributed by atoms with Crippen molar-refractivity contribution in [2.75, 3.05) is 25.6 Å². The molecule has 0 spiro atoms. The Kier molecular flexibility index (Phi) is 3.52. The van der Waals surface area contributed by atoms with Crippen LogP contribution in [0.25, 0.3) is 0 Å². The molecule has 1 saturated carbocycles. The lowest BCUT2D eigenvalue weighted by atomic mass is 9.69. The summed E-state index contributed by atoms with van der Waals surface area (Å²) in [7, 11) is 1.56. The highest BCUT2D eigenvalue weighted by atomic mass is 19.1. The number of benzene rings is 1. The molecule has 0 atom stereocenters. The summed E-state index contributed by atoms with van der Waals surface area (Å²) >= 11 is 0. The van der Waals surface area contributed by atoms with Gasteiger partial charge < -0.3 is 15.2 Å². The van der Waals surface area contributed by atoms with Crippen LogP contribution in [0, 0.1) is 11.2 Å². The fourth-order valence-corrected chi connectivity index (χ4v) is 2.17. The molecule has 3 nitrogen and oxygen atoms in total. The third-order valence-corrected chi connectivity index (χ3v) is 3.56. The largest absolute Gasteiger partial charge is 0.495 e. The Morgan fingerprint density at radius 1 is 1.47 bits per heavy atom. The summed E-state index contributed by atoms with van der Waals surface area (Å²) in [5, 5.41) is 12.5. The van der Waals surface area contributed by atoms with Crippen LogP contribution in [-0.4, -0.2) is 25.4 Å². The lowest BCUT2D eigenvalue weighted by Crippen LogP contribution is -2.39. The summed E-state index contributed by atoms with van der Waals surface area (Å²) < 4.78 is 18.3. The SMILES string of the molecule is COc1ccc(F)cc1NCC1(CO)CCC1. The second-order valence-corrected chi connectivity index (χ2v) is 4.71. The maximum Gasteiger partial charge on any atom is 0.142 e. The minimum Gasteiger partial charge on any atom is -0.495 e. The first-order valence-electron chi connectivity index (χ1n) is 5.87. The molecule has 4 heteroatoms. The normalized spacial score (nSPS) is 17.4. The third-order valence-electron chi connectivity index (χ3n) is 3.56. The number of aliphatic hydroxyl groups is 1. The van der Waals surface area contributed by atoms with Crippen LogP contribution in [0.2, 0.25) is 0 Å². The number of ether oxygens (including phenoxy) is 1. The van der Waals surface area contributed by atoms with E-state index in [2.05, 4.69) is 5.32 Å². The zero-order chi connectivity index (χ0) is 12.3. The molecule has 17 heavy (non-hydrogen) atoms. The van der Waals surface area contributed by atoms with E-state index in [4.69, 9.17) is 4.74 Å². The van der Waals surface area contributed by atoms with Crippen LogP contribution in [-0.2, 0) is 0 Å². The van der Waals surface area contributed by atoms with Crippen molar-refractivity contribution in [3.05, 3.63) is 24.0 Å². The van der Waals surface area contributed by atoms with Gasteiger partial charge in [0.15, 0.2) is 0 Å². The first-order chi connectivity index (χ1) is 8.19. The molecule has 0 aliphatic heterocycles. The van der Waals surface area contributed by atoms with Crippen LogP contribution < -0.4 is 10.1 Å². The number of aliphatic hydroxyl groups excluding tert-OH is 1. The average Bonchev–Trinajstić information content (AvgIpc) is 2.28. The summed E-state index contributed by atoms with van der Waals surface area (Å²) in [6.45, 7) is 0.834. The smallest absolute Gasteiger partial charge is 0.142 e. The molecule has 0 bridgehead atoms. The standard InChI is InChI=1S/C13H18FNO2/c1-17-12-4-3-10(14)7-11(12)15-8-13(9-16)5-2-6-13/h3-4,7,15-16H,2,5-6,8-9H2,1H3. The van der Waals surface area contributed by atoms with E-state index in [1.54, 1.807) is 13.2 Å². The van der Waals surface area contributed by atoms with Crippen molar-refractivity contribution >= 4 is 5.69 Å². The van der Waals surface area contributed by atoms with E-state index >= 15 is 0 Å². The number of nitrogens with one attached hydrogen (secondary N) is 1. The topological polar surface area (TPSA) is 41.5 Å². The molecule has 1 fully saturated rings. The predicted octanol–water partition coefficient (Wildman–Crippen LogP) is 2.41. The van der Waals surface area contributed by atoms with Gasteiger partial charge in [-0.25, -0.2) is 4.39 Å². The molecule has 0 unspecified atom stereocenters. The summed E-state index contributed by atoms with van der Waals surface area (Å²) in [6, 6.07) is 4.39. The Hall–Kier alpha value is -1.29. The van der Waals surface area contributed by atoms with Gasteiger partial charge in [-0.3, -0.25) is 0 Å². The van der Waals surface area contributed by atoms with E-state index in [1.807, 2.05) is 0 Å². The second-order valence-electron chi connectivity index (χ2n) is 4.71. The van der Waals surface area contributed by atoms with Crippen LogP contribution in [0.3, 0.4) is 0 Å². The number of halogens is 1. The fraction of sp³-hybridized carbons (Fsp3) is 0.538. The highest BCUT2D eigenvalue weighted by Gasteiger charge is 2.36. The van der Waals surface area contributed by atoms with E-state index in [-0.39, 0.29) is 17.8 Å². The first-order valence-corrected chi connectivity index (χ1v) is 5.87. The van der Waals surface area contributed by atoms with Gasteiger partial charge in [0.2, 0.25) is 0 Å². The Morgan fingerprint density at radius 3 is 2.76 bits per heavy atom. The molecule has 1 aromatic rings. The Bertz CT molecular complexity index is 385. The van der Waals surface area contributed by atoms with Gasteiger partial charge in [-0.2, -0.15) is 0 Å². The summed E-state index contributed by atoms with van der Waals surface area (Å²) in [5.74, 6) is 0.332. The van der Waals surface area contributed by atoms with E-state index in [0.717, 1.165) is 19.3 Å². The van der Waals surface area contributed by atoms with E-state index in [0.29, 0.717) is 18.0 Å². The zero-order valence-electron chi connectivity index (χ0n) is 10.0. The number of methoxy groups -OCH3 is 1. The highest BCUT2D eigenvalue weighted by molar-refractivity contribution is 5.56. The predicted molar refractivity (Wildman–Crippen MR) is 64.8 cm³/mol. The molecule has 1 aliphatic rings. The number of hydrogen-bond donors (Lipinski definition) is 2. The average molecular weight is 239 g/mol. The van der Waals surface area contributed by atoms with Gasteiger partial charge in [0.25, 0.3) is 0 Å². The second kappa shape index (κ2) is 4.92. The van der Waals surface area contributed by atoms with Gasteiger partial charge in [-0.05, 0) is 25.0 Å². The zero-order valence-corrected chi connectivity index (χ0v) is 10.0. The van der Waals surface area contributed by atoms with Crippen molar-refractivity contribution in [3.8, 4) is 5.75 Å². The van der Waals surface area contributed by atoms with Gasteiger partial charge in [-0.15, -0.1) is 0 Å². The van der Waals surface area contributed by atoms with Crippen LogP contribution >= 0.6 is 0 Å². The maximum absolute atomic E-state index is 13.1. The van der Waals surface area contributed by atoms with Crippen LogP contribution in [0.5, 0.6) is 5.75 Å². The molecule has 2 rings (SSSR count). The van der Waals surface area contributed by atoms with Crippen LogP contribution in [0.1, 0.15) is 19.3 Å². The number of anilines is 1. The highest BCUT2D eigenvalue weighted by Crippen LogP contribution is 2.41. The van der Waals surface area contributed by atoms with Crippen LogP contribution in [0.15, 0.2) is 18.2 Å². The number of hydrogen-bond acceptors (Lipinski definition) is 3. The van der Waals surface area contributed by atoms with Gasteiger partial charge >= 0.3 is 0 Å². The third kappa shape index (κ3) is 2.52. The molecule has 0 radical (unpaired) electrons. The summed E-state index contributed by atoms with van der Waals surface area (Å²) in [4.78, 5) is 0. The van der Waals surface area contributed by atoms with Crippen molar-refractivity contribution in [2.45, 2.75) is 19.3 Å². The van der Waals surface area contributed by atoms with Gasteiger partial charge in [0.05, 0.1) is 19.4 Å². The van der Waals surface area contributed by atoms with Crippen LogP contribution in [0.4, 0.5) is 10.1 Å². The monoisotopic (exact) mass is 239 g/mol. The lowest BCUT2D eigenvalue weighted by molar-refractivity contribution is 0.0576. The molecule has 1 aromatic carbocycles. The van der Waals surface area contributed by atoms with Crippen molar-refractivity contribution < 1.29 is 14.2 Å². The van der Waals surface area contributed by atoms with E-state index in [1.165, 1.54) is 12.1 Å².